The lowest BCUT2D eigenvalue weighted by atomic mass is 9.86. The molecule has 1 aliphatic carbocycles. The number of carbonyl (C=O) groups is 2. The zero-order valence-electron chi connectivity index (χ0n) is 16.2. The molecular formula is C23H23FN2O2S. The molecule has 2 aliphatic rings. The molecule has 1 heterocycles. The van der Waals surface area contributed by atoms with Crippen molar-refractivity contribution in [1.29, 1.82) is 0 Å². The van der Waals surface area contributed by atoms with E-state index in [2.05, 4.69) is 17.6 Å². The number of benzene rings is 2. The lowest BCUT2D eigenvalue weighted by Crippen LogP contribution is -2.41. The van der Waals surface area contributed by atoms with Crippen molar-refractivity contribution in [2.45, 2.75) is 43.5 Å². The van der Waals surface area contributed by atoms with Crippen LogP contribution in [-0.2, 0) is 4.79 Å². The minimum atomic E-state index is -0.372. The summed E-state index contributed by atoms with van der Waals surface area (Å²) in [4.78, 5) is 26.4. The highest BCUT2D eigenvalue weighted by molar-refractivity contribution is 8.04. The lowest BCUT2D eigenvalue weighted by Gasteiger charge is -2.29. The van der Waals surface area contributed by atoms with E-state index >= 15 is 0 Å². The van der Waals surface area contributed by atoms with Gasteiger partial charge in [-0.15, -0.1) is 0 Å². The molecule has 1 fully saturated rings. The molecule has 2 aromatic rings. The fraction of sp³-hybridized carbons (Fsp3) is 0.304. The summed E-state index contributed by atoms with van der Waals surface area (Å²) in [6.07, 6.45) is 6.05. The monoisotopic (exact) mass is 410 g/mol. The maximum absolute atomic E-state index is 13.9. The molecule has 4 rings (SSSR count). The quantitative estimate of drug-likeness (QED) is 0.682. The molecular weight excluding hydrogens is 387 g/mol. The number of halogens is 1. The van der Waals surface area contributed by atoms with Crippen molar-refractivity contribution in [3.05, 3.63) is 64.3 Å². The van der Waals surface area contributed by atoms with Gasteiger partial charge < -0.3 is 10.6 Å². The SMILES string of the molecule is CC1CCCCC1NC(=O)c1ccc2c(c1)NC(=O)/C(=C\c1ccccc1F)S2. The Morgan fingerprint density at radius 2 is 2.00 bits per heavy atom. The number of nitrogens with one attached hydrogen (secondary N) is 2. The van der Waals surface area contributed by atoms with Crippen molar-refractivity contribution in [2.24, 2.45) is 5.92 Å². The van der Waals surface area contributed by atoms with Crippen molar-refractivity contribution in [1.82, 2.24) is 5.32 Å². The average molecular weight is 411 g/mol. The van der Waals surface area contributed by atoms with Crippen LogP contribution >= 0.6 is 11.8 Å². The lowest BCUT2D eigenvalue weighted by molar-refractivity contribution is -0.112. The zero-order chi connectivity index (χ0) is 20.4. The number of rotatable bonds is 3. The molecule has 0 aromatic heterocycles. The number of fused-ring (bicyclic) bond motifs is 1. The van der Waals surface area contributed by atoms with Crippen LogP contribution in [0.3, 0.4) is 0 Å². The van der Waals surface area contributed by atoms with Crippen molar-refractivity contribution >= 4 is 35.3 Å². The van der Waals surface area contributed by atoms with Gasteiger partial charge in [-0.05, 0) is 49.1 Å². The third kappa shape index (κ3) is 4.37. The van der Waals surface area contributed by atoms with Crippen LogP contribution in [-0.4, -0.2) is 17.9 Å². The van der Waals surface area contributed by atoms with Gasteiger partial charge in [-0.1, -0.05) is 49.7 Å². The molecule has 150 valence electrons. The summed E-state index contributed by atoms with van der Waals surface area (Å²) in [5.41, 5.74) is 1.50. The van der Waals surface area contributed by atoms with Gasteiger partial charge in [0.25, 0.3) is 11.8 Å². The molecule has 2 unspecified atom stereocenters. The van der Waals surface area contributed by atoms with Gasteiger partial charge in [0, 0.05) is 22.1 Å². The van der Waals surface area contributed by atoms with E-state index in [9.17, 15) is 14.0 Å². The summed E-state index contributed by atoms with van der Waals surface area (Å²) in [6, 6.07) is 11.8. The van der Waals surface area contributed by atoms with Crippen LogP contribution in [0.25, 0.3) is 6.08 Å². The van der Waals surface area contributed by atoms with Gasteiger partial charge in [0.15, 0.2) is 0 Å². The largest absolute Gasteiger partial charge is 0.349 e. The predicted octanol–water partition coefficient (Wildman–Crippen LogP) is 5.22. The van der Waals surface area contributed by atoms with Gasteiger partial charge in [-0.2, -0.15) is 0 Å². The van der Waals surface area contributed by atoms with E-state index in [1.807, 2.05) is 6.07 Å². The topological polar surface area (TPSA) is 58.2 Å². The van der Waals surface area contributed by atoms with Crippen molar-refractivity contribution in [3.8, 4) is 0 Å². The normalized spacial score (nSPS) is 22.7. The first-order valence-electron chi connectivity index (χ1n) is 9.91. The van der Waals surface area contributed by atoms with Crippen molar-refractivity contribution in [3.63, 3.8) is 0 Å². The maximum atomic E-state index is 13.9. The standard InChI is InChI=1S/C23H23FN2O2S/c1-14-6-2-5-9-18(14)25-22(27)16-10-11-20-19(12-16)26-23(28)21(29-20)13-15-7-3-4-8-17(15)24/h3-4,7-8,10-14,18H,2,5-6,9H2,1H3,(H,25,27)(H,26,28)/b21-13+. The molecule has 1 aliphatic heterocycles. The smallest absolute Gasteiger partial charge is 0.262 e. The highest BCUT2D eigenvalue weighted by Gasteiger charge is 2.25. The Labute approximate surface area is 174 Å². The van der Waals surface area contributed by atoms with Crippen LogP contribution in [0.4, 0.5) is 10.1 Å². The Morgan fingerprint density at radius 3 is 2.79 bits per heavy atom. The first-order chi connectivity index (χ1) is 14.0. The summed E-state index contributed by atoms with van der Waals surface area (Å²) in [5, 5.41) is 5.97. The number of thioether (sulfide) groups is 1. The molecule has 2 amide bonds. The van der Waals surface area contributed by atoms with Crippen LogP contribution in [0.1, 0.15) is 48.5 Å². The summed E-state index contributed by atoms with van der Waals surface area (Å²) in [6.45, 7) is 2.18. The highest BCUT2D eigenvalue weighted by Crippen LogP contribution is 2.39. The molecule has 0 radical (unpaired) electrons. The van der Waals surface area contributed by atoms with Crippen LogP contribution < -0.4 is 10.6 Å². The average Bonchev–Trinajstić information content (AvgIpc) is 2.71. The van der Waals surface area contributed by atoms with Gasteiger partial charge in [-0.25, -0.2) is 4.39 Å². The third-order valence-electron chi connectivity index (χ3n) is 5.55. The second kappa shape index (κ2) is 8.41. The molecule has 6 heteroatoms. The summed E-state index contributed by atoms with van der Waals surface area (Å²) < 4.78 is 13.9. The molecule has 29 heavy (non-hydrogen) atoms. The number of hydrogen-bond donors (Lipinski definition) is 2. The zero-order valence-corrected chi connectivity index (χ0v) is 17.0. The van der Waals surface area contributed by atoms with E-state index in [-0.39, 0.29) is 23.7 Å². The van der Waals surface area contributed by atoms with Crippen LogP contribution in [0.15, 0.2) is 52.3 Å². The van der Waals surface area contributed by atoms with Crippen LogP contribution in [0.5, 0.6) is 0 Å². The van der Waals surface area contributed by atoms with Gasteiger partial charge in [-0.3, -0.25) is 9.59 Å². The first kappa shape index (κ1) is 19.7. The first-order valence-corrected chi connectivity index (χ1v) is 10.7. The number of anilines is 1. The predicted molar refractivity (Wildman–Crippen MR) is 114 cm³/mol. The molecule has 2 aromatic carbocycles. The van der Waals surface area contributed by atoms with E-state index in [0.29, 0.717) is 27.6 Å². The van der Waals surface area contributed by atoms with E-state index in [4.69, 9.17) is 0 Å². The molecule has 1 saturated carbocycles. The van der Waals surface area contributed by atoms with Crippen LogP contribution in [0.2, 0.25) is 0 Å². The van der Waals surface area contributed by atoms with Crippen molar-refractivity contribution < 1.29 is 14.0 Å². The molecule has 0 bridgehead atoms. The minimum Gasteiger partial charge on any atom is -0.349 e. The molecule has 4 nitrogen and oxygen atoms in total. The molecule has 0 spiro atoms. The highest BCUT2D eigenvalue weighted by atomic mass is 32.2. The Morgan fingerprint density at radius 1 is 1.21 bits per heavy atom. The summed E-state index contributed by atoms with van der Waals surface area (Å²) >= 11 is 1.28. The number of carbonyl (C=O) groups excluding carboxylic acids is 2. The Bertz CT molecular complexity index is 989. The summed E-state index contributed by atoms with van der Waals surface area (Å²) in [5.74, 6) is -0.308. The van der Waals surface area contributed by atoms with Gasteiger partial charge in [0.1, 0.15) is 5.82 Å². The third-order valence-corrected chi connectivity index (χ3v) is 6.65. The Kier molecular flexibility index (Phi) is 5.72. The Balaban J connectivity index is 1.52. The van der Waals surface area contributed by atoms with E-state index < -0.39 is 0 Å². The second-order valence-corrected chi connectivity index (χ2v) is 8.72. The van der Waals surface area contributed by atoms with Crippen molar-refractivity contribution in [2.75, 3.05) is 5.32 Å². The summed E-state index contributed by atoms with van der Waals surface area (Å²) in [7, 11) is 0. The minimum absolute atomic E-state index is 0.113. The second-order valence-electron chi connectivity index (χ2n) is 7.64. The van der Waals surface area contributed by atoms with Gasteiger partial charge >= 0.3 is 0 Å². The molecule has 2 N–H and O–H groups in total. The van der Waals surface area contributed by atoms with E-state index in [1.165, 1.54) is 24.2 Å². The van der Waals surface area contributed by atoms with E-state index in [1.54, 1.807) is 36.4 Å². The van der Waals surface area contributed by atoms with Gasteiger partial charge in [0.2, 0.25) is 0 Å². The molecule has 2 atom stereocenters. The number of amides is 2. The number of hydrogen-bond acceptors (Lipinski definition) is 3. The van der Waals surface area contributed by atoms with E-state index in [0.717, 1.165) is 24.2 Å². The fourth-order valence-electron chi connectivity index (χ4n) is 3.82. The maximum Gasteiger partial charge on any atom is 0.262 e. The fourth-order valence-corrected chi connectivity index (χ4v) is 4.74. The van der Waals surface area contributed by atoms with Crippen LogP contribution in [0, 0.1) is 11.7 Å². The Hall–Kier alpha value is -2.60. The van der Waals surface area contributed by atoms with Gasteiger partial charge in [0.05, 0.1) is 10.6 Å². The molecule has 0 saturated heterocycles.